The number of nitrogens with one attached hydrogen (secondary N) is 1. The molecule has 31 heavy (non-hydrogen) atoms. The van der Waals surface area contributed by atoms with Crippen LogP contribution in [-0.2, 0) is 11.2 Å². The van der Waals surface area contributed by atoms with Crippen LogP contribution >= 0.6 is 0 Å². The SMILES string of the molecule is Cc1nc(C2CN(C(=O)Cc3cccc(F)c3)CCCN2C(=O)c2ccccc2)n[nH]1. The monoisotopic (exact) mass is 421 g/mol. The molecular weight excluding hydrogens is 397 g/mol. The topological polar surface area (TPSA) is 82.2 Å². The number of aromatic nitrogens is 3. The molecule has 160 valence electrons. The van der Waals surface area contributed by atoms with E-state index in [0.717, 1.165) is 0 Å². The molecule has 1 N–H and O–H groups in total. The first-order chi connectivity index (χ1) is 15.0. The highest BCUT2D eigenvalue weighted by molar-refractivity contribution is 5.94. The number of hydrogen-bond donors (Lipinski definition) is 1. The maximum atomic E-state index is 13.5. The molecular formula is C23H24FN5O2. The Kier molecular flexibility index (Phi) is 6.06. The molecule has 1 aliphatic rings. The minimum Gasteiger partial charge on any atom is -0.340 e. The van der Waals surface area contributed by atoms with Gasteiger partial charge in [0.15, 0.2) is 5.82 Å². The maximum absolute atomic E-state index is 13.5. The smallest absolute Gasteiger partial charge is 0.254 e. The summed E-state index contributed by atoms with van der Waals surface area (Å²) in [5, 5.41) is 7.11. The van der Waals surface area contributed by atoms with E-state index in [0.29, 0.717) is 42.3 Å². The molecule has 0 spiro atoms. The van der Waals surface area contributed by atoms with Gasteiger partial charge in [0, 0.05) is 25.2 Å². The van der Waals surface area contributed by atoms with Crippen LogP contribution in [-0.4, -0.2) is 56.4 Å². The highest BCUT2D eigenvalue weighted by atomic mass is 19.1. The second kappa shape index (κ2) is 9.07. The number of hydrogen-bond acceptors (Lipinski definition) is 4. The van der Waals surface area contributed by atoms with Gasteiger partial charge in [0.2, 0.25) is 5.91 Å². The lowest BCUT2D eigenvalue weighted by Gasteiger charge is -2.30. The highest BCUT2D eigenvalue weighted by Crippen LogP contribution is 2.25. The van der Waals surface area contributed by atoms with Crippen molar-refractivity contribution in [2.45, 2.75) is 25.8 Å². The van der Waals surface area contributed by atoms with E-state index in [9.17, 15) is 14.0 Å². The summed E-state index contributed by atoms with van der Waals surface area (Å²) in [6.07, 6.45) is 0.734. The first-order valence-corrected chi connectivity index (χ1v) is 10.3. The average Bonchev–Trinajstić information content (AvgIpc) is 3.07. The molecule has 0 radical (unpaired) electrons. The molecule has 0 saturated carbocycles. The van der Waals surface area contributed by atoms with Crippen LogP contribution in [0.15, 0.2) is 54.6 Å². The number of carbonyl (C=O) groups is 2. The van der Waals surface area contributed by atoms with E-state index in [-0.39, 0.29) is 30.6 Å². The molecule has 4 rings (SSSR count). The Balaban J connectivity index is 1.59. The Morgan fingerprint density at radius 1 is 1.13 bits per heavy atom. The van der Waals surface area contributed by atoms with Gasteiger partial charge in [-0.25, -0.2) is 9.37 Å². The van der Waals surface area contributed by atoms with E-state index >= 15 is 0 Å². The number of rotatable bonds is 4. The Morgan fingerprint density at radius 3 is 2.65 bits per heavy atom. The highest BCUT2D eigenvalue weighted by Gasteiger charge is 2.34. The van der Waals surface area contributed by atoms with Crippen LogP contribution in [0, 0.1) is 12.7 Å². The zero-order valence-corrected chi connectivity index (χ0v) is 17.3. The van der Waals surface area contributed by atoms with Crippen molar-refractivity contribution in [3.8, 4) is 0 Å². The Labute approximate surface area is 179 Å². The van der Waals surface area contributed by atoms with Gasteiger partial charge < -0.3 is 9.80 Å². The first-order valence-electron chi connectivity index (χ1n) is 10.3. The van der Waals surface area contributed by atoms with Gasteiger partial charge in [-0.05, 0) is 43.2 Å². The zero-order chi connectivity index (χ0) is 21.8. The van der Waals surface area contributed by atoms with Crippen LogP contribution in [0.2, 0.25) is 0 Å². The summed E-state index contributed by atoms with van der Waals surface area (Å²) in [6, 6.07) is 14.7. The quantitative estimate of drug-likeness (QED) is 0.702. The van der Waals surface area contributed by atoms with Crippen molar-refractivity contribution in [1.82, 2.24) is 25.0 Å². The van der Waals surface area contributed by atoms with Gasteiger partial charge in [0.25, 0.3) is 5.91 Å². The predicted octanol–water partition coefficient (Wildman–Crippen LogP) is 2.91. The second-order valence-electron chi connectivity index (χ2n) is 7.66. The van der Waals surface area contributed by atoms with Crippen LogP contribution in [0.5, 0.6) is 0 Å². The number of amides is 2. The summed E-state index contributed by atoms with van der Waals surface area (Å²) >= 11 is 0. The number of halogens is 1. The van der Waals surface area contributed by atoms with Gasteiger partial charge in [-0.1, -0.05) is 30.3 Å². The average molecular weight is 421 g/mol. The normalized spacial score (nSPS) is 16.8. The van der Waals surface area contributed by atoms with Crippen LogP contribution in [0.25, 0.3) is 0 Å². The molecule has 8 heteroatoms. The van der Waals surface area contributed by atoms with E-state index < -0.39 is 6.04 Å². The summed E-state index contributed by atoms with van der Waals surface area (Å²) in [5.74, 6) is 0.524. The van der Waals surface area contributed by atoms with E-state index in [1.165, 1.54) is 12.1 Å². The van der Waals surface area contributed by atoms with Crippen LogP contribution in [0.3, 0.4) is 0 Å². The number of aryl methyl sites for hydroxylation is 1. The molecule has 1 unspecified atom stereocenters. The summed E-state index contributed by atoms with van der Waals surface area (Å²) < 4.78 is 13.5. The Morgan fingerprint density at radius 2 is 1.94 bits per heavy atom. The zero-order valence-electron chi connectivity index (χ0n) is 17.3. The van der Waals surface area contributed by atoms with Crippen LogP contribution in [0.1, 0.15) is 40.0 Å². The molecule has 1 saturated heterocycles. The molecule has 2 heterocycles. The number of nitrogens with zero attached hydrogens (tertiary/aromatic N) is 4. The van der Waals surface area contributed by atoms with Crippen molar-refractivity contribution in [3.05, 3.63) is 83.2 Å². The molecule has 3 aromatic rings. The van der Waals surface area contributed by atoms with Gasteiger partial charge in [0.1, 0.15) is 17.7 Å². The van der Waals surface area contributed by atoms with E-state index in [1.807, 2.05) is 18.2 Å². The van der Waals surface area contributed by atoms with Gasteiger partial charge in [-0.15, -0.1) is 0 Å². The van der Waals surface area contributed by atoms with Crippen LogP contribution < -0.4 is 0 Å². The van der Waals surface area contributed by atoms with Gasteiger partial charge in [-0.2, -0.15) is 5.10 Å². The lowest BCUT2D eigenvalue weighted by molar-refractivity contribution is -0.130. The van der Waals surface area contributed by atoms with Crippen molar-refractivity contribution in [1.29, 1.82) is 0 Å². The van der Waals surface area contributed by atoms with Crippen LogP contribution in [0.4, 0.5) is 4.39 Å². The van der Waals surface area contributed by atoms with Gasteiger partial charge in [0.05, 0.1) is 6.42 Å². The minimum absolute atomic E-state index is 0.101. The van der Waals surface area contributed by atoms with E-state index in [2.05, 4.69) is 15.2 Å². The molecule has 1 atom stereocenters. The molecule has 2 amide bonds. The fourth-order valence-corrected chi connectivity index (χ4v) is 3.87. The lowest BCUT2D eigenvalue weighted by atomic mass is 10.1. The molecule has 1 aliphatic heterocycles. The van der Waals surface area contributed by atoms with Crippen molar-refractivity contribution in [3.63, 3.8) is 0 Å². The van der Waals surface area contributed by atoms with Crippen molar-refractivity contribution >= 4 is 11.8 Å². The molecule has 2 aromatic carbocycles. The number of H-pyrrole nitrogens is 1. The first kappa shape index (κ1) is 20.7. The molecule has 1 aromatic heterocycles. The Hall–Kier alpha value is -3.55. The lowest BCUT2D eigenvalue weighted by Crippen LogP contribution is -2.41. The fourth-order valence-electron chi connectivity index (χ4n) is 3.87. The summed E-state index contributed by atoms with van der Waals surface area (Å²) in [6.45, 7) is 3.07. The third-order valence-electron chi connectivity index (χ3n) is 5.39. The molecule has 0 bridgehead atoms. The maximum Gasteiger partial charge on any atom is 0.254 e. The summed E-state index contributed by atoms with van der Waals surface area (Å²) in [4.78, 5) is 34.2. The molecule has 7 nitrogen and oxygen atoms in total. The van der Waals surface area contributed by atoms with Gasteiger partial charge >= 0.3 is 0 Å². The summed E-state index contributed by atoms with van der Waals surface area (Å²) in [5.41, 5.74) is 1.20. The molecule has 0 aliphatic carbocycles. The number of benzene rings is 2. The van der Waals surface area contributed by atoms with E-state index in [4.69, 9.17) is 0 Å². The number of carbonyl (C=O) groups excluding carboxylic acids is 2. The second-order valence-corrected chi connectivity index (χ2v) is 7.66. The Bertz CT molecular complexity index is 1070. The largest absolute Gasteiger partial charge is 0.340 e. The van der Waals surface area contributed by atoms with E-state index in [1.54, 1.807) is 41.0 Å². The summed E-state index contributed by atoms with van der Waals surface area (Å²) in [7, 11) is 0. The molecule has 1 fully saturated rings. The van der Waals surface area contributed by atoms with Gasteiger partial charge in [-0.3, -0.25) is 14.7 Å². The van der Waals surface area contributed by atoms with Crippen molar-refractivity contribution in [2.75, 3.05) is 19.6 Å². The fraction of sp³-hybridized carbons (Fsp3) is 0.304. The minimum atomic E-state index is -0.475. The number of aromatic amines is 1. The third-order valence-corrected chi connectivity index (χ3v) is 5.39. The standard InChI is InChI=1S/C23H24FN5O2/c1-16-25-22(27-26-16)20-15-28(21(30)14-17-7-5-10-19(24)13-17)11-6-12-29(20)23(31)18-8-3-2-4-9-18/h2-5,7-10,13,20H,6,11-12,14-15H2,1H3,(H,25,26,27). The van der Waals surface area contributed by atoms with Crippen molar-refractivity contribution in [2.24, 2.45) is 0 Å². The predicted molar refractivity (Wildman–Crippen MR) is 113 cm³/mol. The van der Waals surface area contributed by atoms with Crippen molar-refractivity contribution < 1.29 is 14.0 Å². The third kappa shape index (κ3) is 4.79.